The van der Waals surface area contributed by atoms with Crippen molar-refractivity contribution < 1.29 is 27.9 Å². The van der Waals surface area contributed by atoms with Gasteiger partial charge in [0, 0.05) is 19.6 Å². The molecular formula is C10H13F3N2O3. The molecule has 0 saturated carbocycles. The van der Waals surface area contributed by atoms with Gasteiger partial charge in [0.05, 0.1) is 0 Å². The first-order chi connectivity index (χ1) is 8.24. The van der Waals surface area contributed by atoms with Gasteiger partial charge in [-0.15, -0.1) is 6.58 Å². The maximum atomic E-state index is 12.8. The lowest BCUT2D eigenvalue weighted by molar-refractivity contribution is -0.226. The van der Waals surface area contributed by atoms with E-state index in [0.717, 1.165) is 4.90 Å². The van der Waals surface area contributed by atoms with Gasteiger partial charge < -0.3 is 15.3 Å². The molecule has 18 heavy (non-hydrogen) atoms. The first kappa shape index (κ1) is 14.3. The number of rotatable bonds is 3. The van der Waals surface area contributed by atoms with E-state index in [1.807, 2.05) is 0 Å². The van der Waals surface area contributed by atoms with Gasteiger partial charge in [-0.1, -0.05) is 6.08 Å². The summed E-state index contributed by atoms with van der Waals surface area (Å²) in [7, 11) is 0. The number of likely N-dealkylation sites (tertiary alicyclic amines) is 1. The van der Waals surface area contributed by atoms with Crippen LogP contribution < -0.4 is 5.32 Å². The van der Waals surface area contributed by atoms with Crippen molar-refractivity contribution in [1.82, 2.24) is 10.2 Å². The molecule has 0 radical (unpaired) electrons. The number of nitrogens with one attached hydrogen (secondary N) is 1. The van der Waals surface area contributed by atoms with Gasteiger partial charge in [0.15, 0.2) is 5.41 Å². The van der Waals surface area contributed by atoms with Crippen LogP contribution in [0.25, 0.3) is 0 Å². The minimum atomic E-state index is -4.88. The molecule has 8 heteroatoms. The molecule has 0 bridgehead atoms. The Balaban J connectivity index is 2.81. The van der Waals surface area contributed by atoms with Crippen molar-refractivity contribution in [3.8, 4) is 0 Å². The summed E-state index contributed by atoms with van der Waals surface area (Å²) in [5.41, 5.74) is -2.86. The summed E-state index contributed by atoms with van der Waals surface area (Å²) in [5.74, 6) is -1.95. The molecule has 1 aliphatic rings. The normalized spacial score (nSPS) is 23.8. The number of carboxylic acids is 1. The summed E-state index contributed by atoms with van der Waals surface area (Å²) >= 11 is 0. The Hall–Kier alpha value is -1.73. The third-order valence-electron chi connectivity index (χ3n) is 2.91. The largest absolute Gasteiger partial charge is 0.481 e. The topological polar surface area (TPSA) is 69.6 Å². The number of hydrogen-bond acceptors (Lipinski definition) is 2. The number of carbonyl (C=O) groups excluding carboxylic acids is 1. The Morgan fingerprint density at radius 1 is 1.50 bits per heavy atom. The quantitative estimate of drug-likeness (QED) is 0.755. The van der Waals surface area contributed by atoms with Crippen LogP contribution in [0, 0.1) is 5.41 Å². The van der Waals surface area contributed by atoms with Gasteiger partial charge in [0.25, 0.3) is 0 Å². The first-order valence-corrected chi connectivity index (χ1v) is 5.18. The summed E-state index contributed by atoms with van der Waals surface area (Å²) in [6, 6.07) is -0.720. The highest BCUT2D eigenvalue weighted by atomic mass is 19.4. The SMILES string of the molecule is C=CCNC(=O)N1CCC(C(=O)O)(C(F)(F)F)C1. The molecule has 0 aromatic rings. The zero-order chi connectivity index (χ0) is 14.0. The van der Waals surface area contributed by atoms with Crippen LogP contribution in [0.15, 0.2) is 12.7 Å². The maximum Gasteiger partial charge on any atom is 0.406 e. The Bertz CT molecular complexity index is 370. The number of urea groups is 1. The standard InChI is InChI=1S/C10H13F3N2O3/c1-2-4-14-8(18)15-5-3-9(6-15,7(16)17)10(11,12)13/h2H,1,3-6H2,(H,14,18)(H,16,17). The van der Waals surface area contributed by atoms with Crippen LogP contribution in [-0.4, -0.2) is 47.8 Å². The highest BCUT2D eigenvalue weighted by molar-refractivity contribution is 5.80. The van der Waals surface area contributed by atoms with E-state index >= 15 is 0 Å². The monoisotopic (exact) mass is 266 g/mol. The average molecular weight is 266 g/mol. The fourth-order valence-corrected chi connectivity index (χ4v) is 1.78. The molecule has 102 valence electrons. The van der Waals surface area contributed by atoms with Gasteiger partial charge in [0.2, 0.25) is 0 Å². The molecule has 0 aliphatic carbocycles. The van der Waals surface area contributed by atoms with Crippen LogP contribution in [0.4, 0.5) is 18.0 Å². The molecule has 1 atom stereocenters. The highest BCUT2D eigenvalue weighted by Gasteiger charge is 2.64. The zero-order valence-corrected chi connectivity index (χ0v) is 9.46. The van der Waals surface area contributed by atoms with Crippen molar-refractivity contribution in [3.63, 3.8) is 0 Å². The zero-order valence-electron chi connectivity index (χ0n) is 9.46. The third kappa shape index (κ3) is 2.41. The van der Waals surface area contributed by atoms with E-state index in [-0.39, 0.29) is 13.1 Å². The molecular weight excluding hydrogens is 253 g/mol. The number of carbonyl (C=O) groups is 2. The molecule has 1 fully saturated rings. The van der Waals surface area contributed by atoms with Crippen molar-refractivity contribution >= 4 is 12.0 Å². The van der Waals surface area contributed by atoms with E-state index < -0.39 is 36.6 Å². The maximum absolute atomic E-state index is 12.8. The molecule has 1 saturated heterocycles. The lowest BCUT2D eigenvalue weighted by Gasteiger charge is -2.27. The average Bonchev–Trinajstić information content (AvgIpc) is 2.71. The lowest BCUT2D eigenvalue weighted by Crippen LogP contribution is -2.49. The molecule has 2 amide bonds. The van der Waals surface area contributed by atoms with Crippen molar-refractivity contribution in [2.45, 2.75) is 12.6 Å². The van der Waals surface area contributed by atoms with E-state index in [0.29, 0.717) is 0 Å². The molecule has 0 aromatic carbocycles. The smallest absolute Gasteiger partial charge is 0.406 e. The van der Waals surface area contributed by atoms with E-state index in [2.05, 4.69) is 11.9 Å². The number of halogens is 3. The second-order valence-corrected chi connectivity index (χ2v) is 4.03. The Labute approximate surface area is 101 Å². The third-order valence-corrected chi connectivity index (χ3v) is 2.91. The van der Waals surface area contributed by atoms with Crippen molar-refractivity contribution in [3.05, 3.63) is 12.7 Å². The van der Waals surface area contributed by atoms with Crippen molar-refractivity contribution in [1.29, 1.82) is 0 Å². The number of alkyl halides is 3. The molecule has 2 N–H and O–H groups in total. The van der Waals surface area contributed by atoms with Gasteiger partial charge in [-0.3, -0.25) is 4.79 Å². The van der Waals surface area contributed by atoms with Crippen LogP contribution in [0.1, 0.15) is 6.42 Å². The summed E-state index contributed by atoms with van der Waals surface area (Å²) in [6.07, 6.45) is -4.14. The van der Waals surface area contributed by atoms with E-state index in [1.54, 1.807) is 0 Å². The fourth-order valence-electron chi connectivity index (χ4n) is 1.78. The predicted octanol–water partition coefficient (Wildman–Crippen LogP) is 1.22. The fraction of sp³-hybridized carbons (Fsp3) is 0.600. The second kappa shape index (κ2) is 4.87. The number of amides is 2. The summed E-state index contributed by atoms with van der Waals surface area (Å²) in [6.45, 7) is 2.35. The van der Waals surface area contributed by atoms with Crippen LogP contribution in [-0.2, 0) is 4.79 Å². The molecule has 1 aliphatic heterocycles. The van der Waals surface area contributed by atoms with E-state index in [9.17, 15) is 22.8 Å². The number of aliphatic carboxylic acids is 1. The number of nitrogens with zero attached hydrogens (tertiary/aromatic N) is 1. The van der Waals surface area contributed by atoms with Crippen LogP contribution in [0.5, 0.6) is 0 Å². The predicted molar refractivity (Wildman–Crippen MR) is 55.9 cm³/mol. The van der Waals surface area contributed by atoms with Gasteiger partial charge in [-0.2, -0.15) is 13.2 Å². The molecule has 1 unspecified atom stereocenters. The lowest BCUT2D eigenvalue weighted by atomic mass is 9.86. The Morgan fingerprint density at radius 2 is 2.11 bits per heavy atom. The summed E-state index contributed by atoms with van der Waals surface area (Å²) in [4.78, 5) is 23.2. The summed E-state index contributed by atoms with van der Waals surface area (Å²) in [5, 5.41) is 11.1. The van der Waals surface area contributed by atoms with Crippen LogP contribution >= 0.6 is 0 Å². The Kier molecular flexibility index (Phi) is 3.88. The molecule has 0 aromatic heterocycles. The second-order valence-electron chi connectivity index (χ2n) is 4.03. The number of hydrogen-bond donors (Lipinski definition) is 2. The molecule has 1 heterocycles. The van der Waals surface area contributed by atoms with Gasteiger partial charge >= 0.3 is 18.2 Å². The van der Waals surface area contributed by atoms with Gasteiger partial charge in [-0.05, 0) is 6.42 Å². The first-order valence-electron chi connectivity index (χ1n) is 5.18. The van der Waals surface area contributed by atoms with E-state index in [4.69, 9.17) is 5.11 Å². The van der Waals surface area contributed by atoms with Crippen LogP contribution in [0.3, 0.4) is 0 Å². The minimum Gasteiger partial charge on any atom is -0.481 e. The van der Waals surface area contributed by atoms with Crippen molar-refractivity contribution in [2.24, 2.45) is 5.41 Å². The van der Waals surface area contributed by atoms with Gasteiger partial charge in [-0.25, -0.2) is 4.79 Å². The molecule has 0 spiro atoms. The van der Waals surface area contributed by atoms with Crippen molar-refractivity contribution in [2.75, 3.05) is 19.6 Å². The molecule has 1 rings (SSSR count). The van der Waals surface area contributed by atoms with Crippen LogP contribution in [0.2, 0.25) is 0 Å². The molecule has 5 nitrogen and oxygen atoms in total. The van der Waals surface area contributed by atoms with E-state index in [1.165, 1.54) is 6.08 Å². The Morgan fingerprint density at radius 3 is 2.50 bits per heavy atom. The minimum absolute atomic E-state index is 0.113. The summed E-state index contributed by atoms with van der Waals surface area (Å²) < 4.78 is 38.4. The highest BCUT2D eigenvalue weighted by Crippen LogP contribution is 2.45. The van der Waals surface area contributed by atoms with Gasteiger partial charge in [0.1, 0.15) is 0 Å². The number of carboxylic acid groups (broad SMARTS) is 1.